The first kappa shape index (κ1) is 12.4. The van der Waals surface area contributed by atoms with E-state index in [1.165, 1.54) is 11.8 Å². The minimum atomic E-state index is 0.0353. The Hall–Kier alpha value is -1.62. The van der Waals surface area contributed by atoms with Gasteiger partial charge in [0.25, 0.3) is 0 Å². The van der Waals surface area contributed by atoms with Crippen molar-refractivity contribution in [2.75, 3.05) is 0 Å². The summed E-state index contributed by atoms with van der Waals surface area (Å²) in [6.07, 6.45) is 3.80. The largest absolute Gasteiger partial charge is 0.298 e. The number of hydrogen-bond acceptors (Lipinski definition) is 4. The van der Waals surface area contributed by atoms with Crippen molar-refractivity contribution in [3.05, 3.63) is 30.3 Å². The second-order valence-corrected chi connectivity index (χ2v) is 5.82. The summed E-state index contributed by atoms with van der Waals surface area (Å²) in [4.78, 5) is 16.2. The van der Waals surface area contributed by atoms with Gasteiger partial charge in [-0.15, -0.1) is 5.10 Å². The molecule has 0 spiro atoms. The lowest BCUT2D eigenvalue weighted by Crippen LogP contribution is -2.21. The molecule has 0 aliphatic heterocycles. The number of Topliss-reactive ketones (excluding diaryl/α,β-unsaturated/α-hetero) is 1. The highest BCUT2D eigenvalue weighted by Gasteiger charge is 2.24. The average Bonchev–Trinajstić information content (AvgIpc) is 2.91. The normalized spacial score (nSPS) is 19.6. The predicted octanol–water partition coefficient (Wildman–Crippen LogP) is 3.08. The quantitative estimate of drug-likeness (QED) is 0.933. The van der Waals surface area contributed by atoms with Gasteiger partial charge < -0.3 is 0 Å². The van der Waals surface area contributed by atoms with E-state index in [0.29, 0.717) is 17.4 Å². The van der Waals surface area contributed by atoms with E-state index in [-0.39, 0.29) is 5.25 Å². The maximum Gasteiger partial charge on any atom is 0.209 e. The van der Waals surface area contributed by atoms with Crippen molar-refractivity contribution in [2.45, 2.75) is 36.1 Å². The van der Waals surface area contributed by atoms with Crippen LogP contribution in [0.5, 0.6) is 0 Å². The van der Waals surface area contributed by atoms with Crippen LogP contribution in [0.25, 0.3) is 11.4 Å². The van der Waals surface area contributed by atoms with Crippen LogP contribution in [0.3, 0.4) is 0 Å². The molecule has 0 amide bonds. The molecule has 0 radical (unpaired) electrons. The first-order valence-corrected chi connectivity index (χ1v) is 7.38. The molecule has 1 saturated carbocycles. The predicted molar refractivity (Wildman–Crippen MR) is 74.9 cm³/mol. The topological polar surface area (TPSA) is 58.6 Å². The summed E-state index contributed by atoms with van der Waals surface area (Å²) in [5, 5.41) is 7.83. The monoisotopic (exact) mass is 273 g/mol. The van der Waals surface area contributed by atoms with Crippen LogP contribution >= 0.6 is 11.8 Å². The standard InChI is InChI=1S/C14H15N3OS/c18-11-8-4-5-9-12(11)19-14-15-13(16-17-14)10-6-2-1-3-7-10/h1-3,6-7,12H,4-5,8-9H2,(H,15,16,17)/t12-/m1/s1. The number of H-pyrrole nitrogens is 1. The lowest BCUT2D eigenvalue weighted by Gasteiger charge is -2.17. The Labute approximate surface area is 116 Å². The maximum atomic E-state index is 11.8. The van der Waals surface area contributed by atoms with Gasteiger partial charge in [-0.1, -0.05) is 48.5 Å². The molecule has 19 heavy (non-hydrogen) atoms. The van der Waals surface area contributed by atoms with Crippen LogP contribution in [0.4, 0.5) is 0 Å². The fourth-order valence-corrected chi connectivity index (χ4v) is 3.26. The highest BCUT2D eigenvalue weighted by atomic mass is 32.2. The van der Waals surface area contributed by atoms with Crippen molar-refractivity contribution in [3.8, 4) is 11.4 Å². The minimum absolute atomic E-state index is 0.0353. The van der Waals surface area contributed by atoms with E-state index in [1.54, 1.807) is 0 Å². The minimum Gasteiger partial charge on any atom is -0.298 e. The summed E-state index contributed by atoms with van der Waals surface area (Å²) in [5.74, 6) is 1.09. The number of thioether (sulfide) groups is 1. The number of benzene rings is 1. The van der Waals surface area contributed by atoms with Gasteiger partial charge in [0.2, 0.25) is 5.16 Å². The van der Waals surface area contributed by atoms with Gasteiger partial charge >= 0.3 is 0 Å². The summed E-state index contributed by atoms with van der Waals surface area (Å²) in [6.45, 7) is 0. The Morgan fingerprint density at radius 2 is 2.05 bits per heavy atom. The fourth-order valence-electron chi connectivity index (χ4n) is 2.23. The van der Waals surface area contributed by atoms with Gasteiger partial charge in [0.1, 0.15) is 5.78 Å². The Kier molecular flexibility index (Phi) is 3.64. The van der Waals surface area contributed by atoms with Crippen molar-refractivity contribution < 1.29 is 4.79 Å². The Morgan fingerprint density at radius 3 is 2.84 bits per heavy atom. The van der Waals surface area contributed by atoms with Gasteiger partial charge in [0.15, 0.2) is 5.82 Å². The number of carbonyl (C=O) groups is 1. The molecule has 0 unspecified atom stereocenters. The summed E-state index contributed by atoms with van der Waals surface area (Å²) in [5.41, 5.74) is 1.01. The zero-order valence-electron chi connectivity index (χ0n) is 10.5. The van der Waals surface area contributed by atoms with Crippen molar-refractivity contribution >= 4 is 17.5 Å². The number of aromatic nitrogens is 3. The van der Waals surface area contributed by atoms with Crippen LogP contribution in [0.1, 0.15) is 25.7 Å². The van der Waals surface area contributed by atoms with Crippen molar-refractivity contribution in [2.24, 2.45) is 0 Å². The van der Waals surface area contributed by atoms with Gasteiger partial charge in [-0.3, -0.25) is 9.89 Å². The van der Waals surface area contributed by atoms with E-state index in [1.807, 2.05) is 30.3 Å². The van der Waals surface area contributed by atoms with Crippen LogP contribution in [0.15, 0.2) is 35.5 Å². The average molecular weight is 273 g/mol. The molecule has 2 aromatic rings. The number of ketones is 1. The van der Waals surface area contributed by atoms with Gasteiger partial charge in [-0.2, -0.15) is 0 Å². The molecule has 1 N–H and O–H groups in total. The van der Waals surface area contributed by atoms with Crippen molar-refractivity contribution in [1.29, 1.82) is 0 Å². The number of nitrogens with one attached hydrogen (secondary N) is 1. The number of nitrogens with zero attached hydrogens (tertiary/aromatic N) is 2. The third kappa shape index (κ3) is 2.87. The second-order valence-electron chi connectivity index (χ2n) is 4.65. The van der Waals surface area contributed by atoms with E-state index in [4.69, 9.17) is 0 Å². The van der Waals surface area contributed by atoms with Crippen molar-refractivity contribution in [1.82, 2.24) is 15.2 Å². The molecule has 1 aromatic heterocycles. The van der Waals surface area contributed by atoms with Crippen LogP contribution < -0.4 is 0 Å². The molecular formula is C14H15N3OS. The van der Waals surface area contributed by atoms with E-state index in [0.717, 1.165) is 30.7 Å². The van der Waals surface area contributed by atoms with E-state index in [2.05, 4.69) is 15.2 Å². The molecule has 98 valence electrons. The lowest BCUT2D eigenvalue weighted by molar-refractivity contribution is -0.119. The lowest BCUT2D eigenvalue weighted by atomic mass is 9.99. The molecule has 0 saturated heterocycles. The van der Waals surface area contributed by atoms with Crippen LogP contribution in [0.2, 0.25) is 0 Å². The number of rotatable bonds is 3. The highest BCUT2D eigenvalue weighted by molar-refractivity contribution is 8.00. The van der Waals surface area contributed by atoms with Gasteiger partial charge in [0.05, 0.1) is 5.25 Å². The summed E-state index contributed by atoms with van der Waals surface area (Å²) in [7, 11) is 0. The molecule has 3 rings (SSSR count). The zero-order chi connectivity index (χ0) is 13.1. The molecule has 1 fully saturated rings. The second kappa shape index (κ2) is 5.57. The fraction of sp³-hybridized carbons (Fsp3) is 0.357. The number of aromatic amines is 1. The van der Waals surface area contributed by atoms with Crippen LogP contribution in [-0.2, 0) is 4.79 Å². The van der Waals surface area contributed by atoms with Crippen molar-refractivity contribution in [3.63, 3.8) is 0 Å². The molecule has 1 aliphatic carbocycles. The first-order valence-electron chi connectivity index (χ1n) is 6.50. The number of carbonyl (C=O) groups excluding carboxylic acids is 1. The third-order valence-electron chi connectivity index (χ3n) is 3.26. The highest BCUT2D eigenvalue weighted by Crippen LogP contribution is 2.30. The first-order chi connectivity index (χ1) is 9.33. The number of hydrogen-bond donors (Lipinski definition) is 1. The molecular weight excluding hydrogens is 258 g/mol. The smallest absolute Gasteiger partial charge is 0.209 e. The van der Waals surface area contributed by atoms with E-state index >= 15 is 0 Å². The van der Waals surface area contributed by atoms with Crippen LogP contribution in [0, 0.1) is 0 Å². The summed E-state index contributed by atoms with van der Waals surface area (Å²) in [6, 6.07) is 9.88. The molecule has 4 nitrogen and oxygen atoms in total. The van der Waals surface area contributed by atoms with Gasteiger partial charge in [-0.05, 0) is 12.8 Å². The van der Waals surface area contributed by atoms with Gasteiger partial charge in [0, 0.05) is 12.0 Å². The zero-order valence-corrected chi connectivity index (χ0v) is 11.3. The Balaban J connectivity index is 1.73. The molecule has 0 bridgehead atoms. The molecule has 1 heterocycles. The van der Waals surface area contributed by atoms with Crippen LogP contribution in [-0.4, -0.2) is 26.2 Å². The summed E-state index contributed by atoms with van der Waals surface area (Å²) >= 11 is 1.49. The third-order valence-corrected chi connectivity index (χ3v) is 4.43. The van der Waals surface area contributed by atoms with E-state index in [9.17, 15) is 4.79 Å². The molecule has 1 atom stereocenters. The Bertz CT molecular complexity index is 567. The van der Waals surface area contributed by atoms with E-state index < -0.39 is 0 Å². The molecule has 1 aliphatic rings. The molecule has 5 heteroatoms. The Morgan fingerprint density at radius 1 is 1.21 bits per heavy atom. The summed E-state index contributed by atoms with van der Waals surface area (Å²) < 4.78 is 0. The van der Waals surface area contributed by atoms with Gasteiger partial charge in [-0.25, -0.2) is 4.98 Å². The molecule has 1 aromatic carbocycles. The maximum absolute atomic E-state index is 11.8. The SMILES string of the molecule is O=C1CCCC[C@H]1Sc1n[nH]c(-c2ccccc2)n1.